The molecule has 1 aliphatic rings. The third-order valence-corrected chi connectivity index (χ3v) is 6.08. The predicted octanol–water partition coefficient (Wildman–Crippen LogP) is 3.01. The Morgan fingerprint density at radius 1 is 1.42 bits per heavy atom. The molecular formula is C14H16N2OS2. The van der Waals surface area contributed by atoms with Crippen LogP contribution < -0.4 is 5.56 Å². The second-order valence-corrected chi connectivity index (χ2v) is 7.05. The second kappa shape index (κ2) is 5.59. The maximum absolute atomic E-state index is 12.2. The monoisotopic (exact) mass is 292 g/mol. The van der Waals surface area contributed by atoms with E-state index in [1.807, 2.05) is 35.7 Å². The molecule has 1 aliphatic heterocycles. The van der Waals surface area contributed by atoms with Crippen LogP contribution >= 0.6 is 23.5 Å². The summed E-state index contributed by atoms with van der Waals surface area (Å²) in [6.07, 6.45) is 0.937. The van der Waals surface area contributed by atoms with E-state index in [-0.39, 0.29) is 5.56 Å². The number of thioether (sulfide) groups is 2. The molecule has 0 spiro atoms. The Bertz CT molecular complexity index is 647. The zero-order valence-electron chi connectivity index (χ0n) is 10.8. The lowest BCUT2D eigenvalue weighted by molar-refractivity contribution is 0.927. The number of benzene rings is 1. The molecule has 2 heterocycles. The summed E-state index contributed by atoms with van der Waals surface area (Å²) in [4.78, 5) is 19.8. The highest BCUT2D eigenvalue weighted by atomic mass is 32.2. The van der Waals surface area contributed by atoms with Gasteiger partial charge in [0.2, 0.25) is 0 Å². The Labute approximate surface area is 120 Å². The summed E-state index contributed by atoms with van der Waals surface area (Å²) in [5.41, 5.74) is 1.98. The fourth-order valence-corrected chi connectivity index (χ4v) is 4.84. The zero-order valence-corrected chi connectivity index (χ0v) is 12.4. The van der Waals surface area contributed by atoms with E-state index in [9.17, 15) is 4.79 Å². The molecule has 19 heavy (non-hydrogen) atoms. The number of hydrogen-bond acceptors (Lipinski definition) is 4. The van der Waals surface area contributed by atoms with Gasteiger partial charge in [0.1, 0.15) is 5.82 Å². The third kappa shape index (κ3) is 2.67. The van der Waals surface area contributed by atoms with E-state index >= 15 is 0 Å². The number of hydrogen-bond donors (Lipinski definition) is 1. The van der Waals surface area contributed by atoms with E-state index in [0.717, 1.165) is 29.3 Å². The highest BCUT2D eigenvalue weighted by molar-refractivity contribution is 8.06. The first kappa shape index (κ1) is 13.1. The number of fused-ring (bicyclic) bond motifs is 1. The lowest BCUT2D eigenvalue weighted by Gasteiger charge is -2.20. The van der Waals surface area contributed by atoms with Crippen LogP contribution in [0.1, 0.15) is 23.6 Å². The fourth-order valence-electron chi connectivity index (χ4n) is 2.22. The van der Waals surface area contributed by atoms with Crippen LogP contribution in [-0.2, 0) is 6.42 Å². The number of nitrogens with one attached hydrogen (secondary N) is 1. The van der Waals surface area contributed by atoms with Crippen molar-refractivity contribution in [3.63, 3.8) is 0 Å². The molecule has 100 valence electrons. The van der Waals surface area contributed by atoms with Crippen LogP contribution in [0, 0.1) is 0 Å². The van der Waals surface area contributed by atoms with Crippen LogP contribution in [-0.4, -0.2) is 27.2 Å². The number of aromatic amines is 1. The van der Waals surface area contributed by atoms with Crippen molar-refractivity contribution in [2.24, 2.45) is 0 Å². The Kier molecular flexibility index (Phi) is 3.84. The second-order valence-electron chi connectivity index (χ2n) is 4.59. The minimum atomic E-state index is -0.00789. The molecule has 0 radical (unpaired) electrons. The molecular weight excluding hydrogens is 276 g/mol. The average Bonchev–Trinajstić information content (AvgIpc) is 2.48. The SMILES string of the molecule is CCc1ccc2nc(C3CSCCS3)[nH]c(=O)c2c1. The van der Waals surface area contributed by atoms with Crippen molar-refractivity contribution in [3.8, 4) is 0 Å². The summed E-state index contributed by atoms with van der Waals surface area (Å²) in [5, 5.41) is 1.03. The largest absolute Gasteiger partial charge is 0.309 e. The fraction of sp³-hybridized carbons (Fsp3) is 0.429. The summed E-state index contributed by atoms with van der Waals surface area (Å²) in [5.74, 6) is 4.19. The van der Waals surface area contributed by atoms with E-state index in [2.05, 4.69) is 23.0 Å². The van der Waals surface area contributed by atoms with Crippen molar-refractivity contribution in [2.45, 2.75) is 18.6 Å². The average molecular weight is 292 g/mol. The van der Waals surface area contributed by atoms with Gasteiger partial charge in [0.25, 0.3) is 5.56 Å². The molecule has 1 N–H and O–H groups in total. The number of nitrogens with zero attached hydrogens (tertiary/aromatic N) is 1. The third-order valence-electron chi connectivity index (χ3n) is 3.32. The molecule has 2 aromatic rings. The van der Waals surface area contributed by atoms with Gasteiger partial charge < -0.3 is 4.98 Å². The van der Waals surface area contributed by atoms with Crippen LogP contribution in [0.2, 0.25) is 0 Å². The molecule has 5 heteroatoms. The van der Waals surface area contributed by atoms with E-state index < -0.39 is 0 Å². The summed E-state index contributed by atoms with van der Waals surface area (Å²) in [7, 11) is 0. The molecule has 1 fully saturated rings. The van der Waals surface area contributed by atoms with Gasteiger partial charge in [-0.1, -0.05) is 13.0 Å². The van der Waals surface area contributed by atoms with Gasteiger partial charge in [-0.25, -0.2) is 4.98 Å². The molecule has 0 bridgehead atoms. The molecule has 0 saturated carbocycles. The highest BCUT2D eigenvalue weighted by Crippen LogP contribution is 2.34. The Morgan fingerprint density at radius 2 is 2.32 bits per heavy atom. The van der Waals surface area contributed by atoms with Gasteiger partial charge in [-0.05, 0) is 24.1 Å². The zero-order chi connectivity index (χ0) is 13.2. The predicted molar refractivity (Wildman–Crippen MR) is 84.3 cm³/mol. The van der Waals surface area contributed by atoms with Crippen molar-refractivity contribution >= 4 is 34.4 Å². The first-order chi connectivity index (χ1) is 9.28. The first-order valence-corrected chi connectivity index (χ1v) is 8.70. The van der Waals surface area contributed by atoms with Crippen molar-refractivity contribution in [1.82, 2.24) is 9.97 Å². The van der Waals surface area contributed by atoms with Crippen molar-refractivity contribution in [3.05, 3.63) is 39.9 Å². The molecule has 0 amide bonds. The lowest BCUT2D eigenvalue weighted by Crippen LogP contribution is -2.17. The van der Waals surface area contributed by atoms with E-state index in [0.29, 0.717) is 10.6 Å². The molecule has 1 atom stereocenters. The summed E-state index contributed by atoms with van der Waals surface area (Å²) in [6.45, 7) is 2.09. The van der Waals surface area contributed by atoms with Crippen LogP contribution in [0.15, 0.2) is 23.0 Å². The van der Waals surface area contributed by atoms with Gasteiger partial charge >= 0.3 is 0 Å². The van der Waals surface area contributed by atoms with E-state index in [1.165, 1.54) is 11.3 Å². The maximum atomic E-state index is 12.2. The lowest BCUT2D eigenvalue weighted by atomic mass is 10.1. The van der Waals surface area contributed by atoms with Gasteiger partial charge in [-0.15, -0.1) is 11.8 Å². The minimum absolute atomic E-state index is 0.00789. The van der Waals surface area contributed by atoms with Crippen LogP contribution in [0.5, 0.6) is 0 Å². The number of aromatic nitrogens is 2. The summed E-state index contributed by atoms with van der Waals surface area (Å²) in [6, 6.07) is 5.97. The van der Waals surface area contributed by atoms with Gasteiger partial charge in [0.05, 0.1) is 16.2 Å². The molecule has 3 rings (SSSR count). The molecule has 1 aromatic heterocycles. The van der Waals surface area contributed by atoms with E-state index in [4.69, 9.17) is 0 Å². The molecule has 1 aromatic carbocycles. The summed E-state index contributed by atoms with van der Waals surface area (Å²) >= 11 is 3.82. The molecule has 1 unspecified atom stereocenters. The van der Waals surface area contributed by atoms with Gasteiger partial charge in [-0.3, -0.25) is 4.79 Å². The maximum Gasteiger partial charge on any atom is 0.258 e. The Morgan fingerprint density at radius 3 is 3.05 bits per heavy atom. The Hall–Kier alpha value is -0.940. The normalized spacial score (nSPS) is 19.7. The van der Waals surface area contributed by atoms with Crippen molar-refractivity contribution < 1.29 is 0 Å². The van der Waals surface area contributed by atoms with Crippen LogP contribution in [0.3, 0.4) is 0 Å². The van der Waals surface area contributed by atoms with Gasteiger partial charge in [-0.2, -0.15) is 11.8 Å². The number of aryl methyl sites for hydroxylation is 1. The minimum Gasteiger partial charge on any atom is -0.309 e. The van der Waals surface area contributed by atoms with Crippen LogP contribution in [0.25, 0.3) is 10.9 Å². The van der Waals surface area contributed by atoms with Crippen molar-refractivity contribution in [1.29, 1.82) is 0 Å². The number of H-pyrrole nitrogens is 1. The van der Waals surface area contributed by atoms with Crippen LogP contribution in [0.4, 0.5) is 0 Å². The smallest absolute Gasteiger partial charge is 0.258 e. The highest BCUT2D eigenvalue weighted by Gasteiger charge is 2.19. The summed E-state index contributed by atoms with van der Waals surface area (Å²) < 4.78 is 0. The van der Waals surface area contributed by atoms with Crippen molar-refractivity contribution in [2.75, 3.05) is 17.3 Å². The quantitative estimate of drug-likeness (QED) is 0.924. The first-order valence-electron chi connectivity index (χ1n) is 6.50. The van der Waals surface area contributed by atoms with Gasteiger partial charge in [0, 0.05) is 17.3 Å². The Balaban J connectivity index is 2.06. The number of rotatable bonds is 2. The van der Waals surface area contributed by atoms with Gasteiger partial charge in [0.15, 0.2) is 0 Å². The topological polar surface area (TPSA) is 45.8 Å². The standard InChI is InChI=1S/C14H16N2OS2/c1-2-9-3-4-11-10(7-9)14(17)16-13(15-11)12-8-18-5-6-19-12/h3-4,7,12H,2,5-6,8H2,1H3,(H,15,16,17). The molecule has 0 aliphatic carbocycles. The molecule has 1 saturated heterocycles. The van der Waals surface area contributed by atoms with E-state index in [1.54, 1.807) is 0 Å². The molecule has 3 nitrogen and oxygen atoms in total.